The molecule has 2 unspecified atom stereocenters. The number of hydrogen-bond donors (Lipinski definition) is 3. The van der Waals surface area contributed by atoms with Crippen LogP contribution in [0.5, 0.6) is 0 Å². The summed E-state index contributed by atoms with van der Waals surface area (Å²) in [6.07, 6.45) is 0.109. The summed E-state index contributed by atoms with van der Waals surface area (Å²) in [6, 6.07) is 13.1. The topological polar surface area (TPSA) is 142 Å². The maximum atomic E-state index is 13.2. The highest BCUT2D eigenvalue weighted by molar-refractivity contribution is 7.96. The van der Waals surface area contributed by atoms with E-state index in [4.69, 9.17) is 4.74 Å². The Kier molecular flexibility index (Phi) is 9.34. The number of nitrogens with zero attached hydrogens (tertiary/aromatic N) is 1. The lowest BCUT2D eigenvalue weighted by molar-refractivity contribution is -0.128. The maximum Gasteiger partial charge on any atom is 0.318 e. The van der Waals surface area contributed by atoms with E-state index < -0.39 is 51.2 Å². The SMILES string of the molecule is C=C(C(=O)C(CO)NC(=O)C(Cc1ccccc1)NC(=O)N1CCOCC1)S(=O)(=O)c1ccccc1. The van der Waals surface area contributed by atoms with E-state index in [9.17, 15) is 27.9 Å². The van der Waals surface area contributed by atoms with Gasteiger partial charge in [0.2, 0.25) is 15.7 Å². The number of ketones is 1. The van der Waals surface area contributed by atoms with Gasteiger partial charge in [-0.3, -0.25) is 9.59 Å². The minimum absolute atomic E-state index is 0.109. The molecular weight excluding hydrogens is 486 g/mol. The van der Waals surface area contributed by atoms with Gasteiger partial charge in [-0.1, -0.05) is 55.1 Å². The molecule has 1 heterocycles. The normalized spacial score (nSPS) is 15.4. The summed E-state index contributed by atoms with van der Waals surface area (Å²) >= 11 is 0. The Morgan fingerprint density at radius 2 is 1.53 bits per heavy atom. The Hall–Kier alpha value is -3.54. The third-order valence-electron chi connectivity index (χ3n) is 5.66. The minimum atomic E-state index is -4.23. The van der Waals surface area contributed by atoms with Gasteiger partial charge in [0, 0.05) is 19.5 Å². The lowest BCUT2D eigenvalue weighted by Gasteiger charge is -2.29. The summed E-state index contributed by atoms with van der Waals surface area (Å²) in [7, 11) is -4.23. The first-order valence-electron chi connectivity index (χ1n) is 11.4. The van der Waals surface area contributed by atoms with Crippen molar-refractivity contribution < 1.29 is 32.6 Å². The molecule has 36 heavy (non-hydrogen) atoms. The Morgan fingerprint density at radius 3 is 2.11 bits per heavy atom. The third-order valence-corrected chi connectivity index (χ3v) is 7.41. The average molecular weight is 516 g/mol. The van der Waals surface area contributed by atoms with Crippen LogP contribution in [0, 0.1) is 0 Å². The standard InChI is InChI=1S/C25H29N3O7S/c1-18(36(33,34)20-10-6-3-7-11-20)23(30)22(17-29)26-24(31)21(16-19-8-4-2-5-9-19)27-25(32)28-12-14-35-15-13-28/h2-11,21-22,29H,1,12-17H2,(H,26,31)(H,27,32). The van der Waals surface area contributed by atoms with Gasteiger partial charge < -0.3 is 25.4 Å². The van der Waals surface area contributed by atoms with Crippen LogP contribution < -0.4 is 10.6 Å². The fraction of sp³-hybridized carbons (Fsp3) is 0.320. The van der Waals surface area contributed by atoms with Gasteiger partial charge in [-0.15, -0.1) is 0 Å². The van der Waals surface area contributed by atoms with Gasteiger partial charge in [0.05, 0.1) is 24.7 Å². The van der Waals surface area contributed by atoms with Crippen LogP contribution in [0.3, 0.4) is 0 Å². The highest BCUT2D eigenvalue weighted by atomic mass is 32.2. The van der Waals surface area contributed by atoms with Gasteiger partial charge in [0.25, 0.3) is 0 Å². The quantitative estimate of drug-likeness (QED) is 0.395. The van der Waals surface area contributed by atoms with Crippen LogP contribution in [0.15, 0.2) is 77.0 Å². The molecule has 1 saturated heterocycles. The first-order chi connectivity index (χ1) is 17.2. The van der Waals surface area contributed by atoms with Crippen molar-refractivity contribution in [3.63, 3.8) is 0 Å². The average Bonchev–Trinajstić information content (AvgIpc) is 2.91. The molecule has 2 aromatic rings. The number of nitrogens with one attached hydrogen (secondary N) is 2. The Balaban J connectivity index is 1.76. The highest BCUT2D eigenvalue weighted by Gasteiger charge is 2.33. The zero-order chi connectivity index (χ0) is 26.1. The zero-order valence-electron chi connectivity index (χ0n) is 19.6. The van der Waals surface area contributed by atoms with Crippen molar-refractivity contribution in [2.75, 3.05) is 32.9 Å². The molecular formula is C25H29N3O7S. The van der Waals surface area contributed by atoms with Crippen LogP contribution in [0.1, 0.15) is 5.56 Å². The molecule has 2 atom stereocenters. The number of carbonyl (C=O) groups is 3. The molecule has 3 rings (SSSR count). The molecule has 1 aliphatic rings. The van der Waals surface area contributed by atoms with E-state index in [1.165, 1.54) is 29.2 Å². The van der Waals surface area contributed by atoms with Crippen molar-refractivity contribution in [3.8, 4) is 0 Å². The molecule has 0 radical (unpaired) electrons. The van der Waals surface area contributed by atoms with Crippen molar-refractivity contribution >= 4 is 27.6 Å². The fourth-order valence-electron chi connectivity index (χ4n) is 3.60. The molecule has 10 nitrogen and oxygen atoms in total. The van der Waals surface area contributed by atoms with E-state index in [0.29, 0.717) is 26.3 Å². The summed E-state index contributed by atoms with van der Waals surface area (Å²) in [5, 5.41) is 14.9. The molecule has 0 bridgehead atoms. The summed E-state index contributed by atoms with van der Waals surface area (Å²) in [5.74, 6) is -1.80. The lowest BCUT2D eigenvalue weighted by Crippen LogP contribution is -2.57. The smallest absolute Gasteiger partial charge is 0.318 e. The minimum Gasteiger partial charge on any atom is -0.394 e. The third kappa shape index (κ3) is 6.78. The predicted octanol–water partition coefficient (Wildman–Crippen LogP) is 0.673. The summed E-state index contributed by atoms with van der Waals surface area (Å²) in [6.45, 7) is 4.03. The van der Waals surface area contributed by atoms with E-state index in [0.717, 1.165) is 5.56 Å². The van der Waals surface area contributed by atoms with Crippen LogP contribution in [0.4, 0.5) is 4.79 Å². The van der Waals surface area contributed by atoms with Crippen molar-refractivity contribution in [1.29, 1.82) is 0 Å². The van der Waals surface area contributed by atoms with Gasteiger partial charge in [-0.05, 0) is 17.7 Å². The molecule has 0 spiro atoms. The Morgan fingerprint density at radius 1 is 0.944 bits per heavy atom. The van der Waals surface area contributed by atoms with E-state index in [2.05, 4.69) is 17.2 Å². The van der Waals surface area contributed by atoms with E-state index in [-0.39, 0.29) is 11.3 Å². The van der Waals surface area contributed by atoms with Gasteiger partial charge >= 0.3 is 6.03 Å². The second-order valence-corrected chi connectivity index (χ2v) is 10.1. The van der Waals surface area contributed by atoms with Gasteiger partial charge in [-0.2, -0.15) is 0 Å². The van der Waals surface area contributed by atoms with Gasteiger partial charge in [0.1, 0.15) is 17.0 Å². The van der Waals surface area contributed by atoms with Crippen LogP contribution in [0.2, 0.25) is 0 Å². The second-order valence-electron chi connectivity index (χ2n) is 8.14. The largest absolute Gasteiger partial charge is 0.394 e. The molecule has 2 aromatic carbocycles. The maximum absolute atomic E-state index is 13.2. The zero-order valence-corrected chi connectivity index (χ0v) is 20.4. The molecule has 0 aliphatic carbocycles. The molecule has 3 N–H and O–H groups in total. The van der Waals surface area contributed by atoms with Crippen molar-refractivity contribution in [2.45, 2.75) is 23.4 Å². The van der Waals surface area contributed by atoms with Crippen LogP contribution in [-0.2, 0) is 30.6 Å². The van der Waals surface area contributed by atoms with E-state index >= 15 is 0 Å². The van der Waals surface area contributed by atoms with Crippen LogP contribution in [-0.4, -0.2) is 81.1 Å². The summed E-state index contributed by atoms with van der Waals surface area (Å²) in [5.41, 5.74) is 0.753. The molecule has 0 aromatic heterocycles. The van der Waals surface area contributed by atoms with Gasteiger partial charge in [0.15, 0.2) is 5.78 Å². The number of carbonyl (C=O) groups excluding carboxylic acids is 3. The number of hydrogen-bond acceptors (Lipinski definition) is 7. The molecule has 11 heteroatoms. The van der Waals surface area contributed by atoms with E-state index in [1.807, 2.05) is 6.07 Å². The van der Waals surface area contributed by atoms with Crippen molar-refractivity contribution in [2.24, 2.45) is 0 Å². The van der Waals surface area contributed by atoms with Crippen LogP contribution >= 0.6 is 0 Å². The Labute approximate surface area is 209 Å². The number of aliphatic hydroxyl groups excluding tert-OH is 1. The number of amides is 3. The number of urea groups is 1. The van der Waals surface area contributed by atoms with Crippen molar-refractivity contribution in [3.05, 3.63) is 77.7 Å². The number of morpholine rings is 1. The molecule has 0 saturated carbocycles. The summed E-state index contributed by atoms with van der Waals surface area (Å²) in [4.78, 5) is 39.5. The highest BCUT2D eigenvalue weighted by Crippen LogP contribution is 2.19. The molecule has 3 amide bonds. The first-order valence-corrected chi connectivity index (χ1v) is 12.8. The monoisotopic (exact) mass is 515 g/mol. The number of aliphatic hydroxyl groups is 1. The second kappa shape index (κ2) is 12.4. The molecule has 1 fully saturated rings. The predicted molar refractivity (Wildman–Crippen MR) is 132 cm³/mol. The van der Waals surface area contributed by atoms with E-state index in [1.54, 1.807) is 30.3 Å². The van der Waals surface area contributed by atoms with Gasteiger partial charge in [-0.25, -0.2) is 13.2 Å². The lowest BCUT2D eigenvalue weighted by atomic mass is 10.0. The number of rotatable bonds is 10. The first kappa shape index (κ1) is 27.1. The number of sulfone groups is 1. The molecule has 192 valence electrons. The number of ether oxygens (including phenoxy) is 1. The fourth-order valence-corrected chi connectivity index (χ4v) is 4.81. The van der Waals surface area contributed by atoms with Crippen molar-refractivity contribution in [1.82, 2.24) is 15.5 Å². The summed E-state index contributed by atoms with van der Waals surface area (Å²) < 4.78 is 30.8. The molecule has 1 aliphatic heterocycles. The number of benzene rings is 2. The van der Waals surface area contributed by atoms with Crippen LogP contribution in [0.25, 0.3) is 0 Å². The Bertz CT molecular complexity index is 1180. The number of Topliss-reactive ketones (excluding diaryl/α,β-unsaturated/α-hetero) is 1.